The number of sulfone groups is 1. The number of nitrogens with zero attached hydrogens (tertiary/aromatic N) is 4. The van der Waals surface area contributed by atoms with Crippen molar-refractivity contribution in [2.75, 3.05) is 52.4 Å². The molecule has 3 aliphatic rings. The standard InChI is InChI=1S/C30H28F3N3O4.C24H22FN3O5S/c31-23-15-24-25(16-27(34-24)40-26-10-9-22(17-37)30(26,32)33)35-28(23)20-5-1-18(2-6-20)19-3-7-21(8-4-19)29(38)36-11-13-39-14-12-36;1-34(30,31)18-6-7-20(26-11-18)14-2-4-15(5-3-14)24-19(25)9-21-22(28-24)10-23(27-21)33-17-8-16(12-29)32-13-17/h1-8,15-16,22,26,34,37H,9-14,17H2;2-7,9-11,16-17,27,29H,8,12-13H2,1H3/t22-,26-;16-,17-/m10/s1. The molecule has 0 radical (unpaired) electrons. The van der Waals surface area contributed by atoms with Gasteiger partial charge < -0.3 is 44.0 Å². The third kappa shape index (κ3) is 10.7. The van der Waals surface area contributed by atoms with Gasteiger partial charge in [0.25, 0.3) is 11.8 Å². The Morgan fingerprint density at radius 1 is 0.743 bits per heavy atom. The first-order chi connectivity index (χ1) is 35.6. The largest absolute Gasteiger partial charge is 0.473 e. The van der Waals surface area contributed by atoms with Crippen LogP contribution in [0.3, 0.4) is 0 Å². The van der Waals surface area contributed by atoms with Crippen LogP contribution in [-0.2, 0) is 19.3 Å². The molecule has 5 aromatic heterocycles. The summed E-state index contributed by atoms with van der Waals surface area (Å²) in [5, 5.41) is 18.4. The van der Waals surface area contributed by atoms with E-state index in [9.17, 15) is 36.6 Å². The van der Waals surface area contributed by atoms with Crippen molar-refractivity contribution in [1.29, 1.82) is 0 Å². The molecular formula is C54H50F4N6O9S. The Hall–Kier alpha value is -7.23. The second-order valence-corrected chi connectivity index (χ2v) is 20.4. The number of fused-ring (bicyclic) bond motifs is 2. The predicted molar refractivity (Wildman–Crippen MR) is 267 cm³/mol. The van der Waals surface area contributed by atoms with Gasteiger partial charge >= 0.3 is 0 Å². The van der Waals surface area contributed by atoms with Crippen LogP contribution in [0.2, 0.25) is 0 Å². The molecule has 3 aromatic carbocycles. The molecular weight excluding hydrogens is 985 g/mol. The molecule has 7 heterocycles. The number of aliphatic hydroxyl groups is 2. The number of hydrogen-bond donors (Lipinski definition) is 4. The lowest BCUT2D eigenvalue weighted by Crippen LogP contribution is -2.40. The van der Waals surface area contributed by atoms with E-state index in [1.165, 1.54) is 30.5 Å². The molecule has 1 aliphatic carbocycles. The van der Waals surface area contributed by atoms with Crippen LogP contribution in [0, 0.1) is 17.6 Å². The number of rotatable bonds is 12. The number of halogens is 4. The highest BCUT2D eigenvalue weighted by molar-refractivity contribution is 7.90. The van der Waals surface area contributed by atoms with E-state index >= 15 is 4.39 Å². The number of hydrogen-bond acceptors (Lipinski definition) is 12. The van der Waals surface area contributed by atoms with E-state index in [2.05, 4.69) is 24.9 Å². The second-order valence-electron chi connectivity index (χ2n) is 18.4. The van der Waals surface area contributed by atoms with Crippen molar-refractivity contribution in [2.45, 2.75) is 48.4 Å². The molecule has 3 fully saturated rings. The van der Waals surface area contributed by atoms with Crippen LogP contribution >= 0.6 is 0 Å². The van der Waals surface area contributed by atoms with E-state index in [1.54, 1.807) is 65.6 Å². The van der Waals surface area contributed by atoms with Gasteiger partial charge in [-0.25, -0.2) is 35.9 Å². The third-order valence-corrected chi connectivity index (χ3v) is 14.5. The van der Waals surface area contributed by atoms with Crippen molar-refractivity contribution in [1.82, 2.24) is 29.8 Å². The monoisotopic (exact) mass is 1030 g/mol. The van der Waals surface area contributed by atoms with Gasteiger partial charge in [0, 0.05) is 84.4 Å². The fourth-order valence-corrected chi connectivity index (χ4v) is 9.81. The van der Waals surface area contributed by atoms with Crippen molar-refractivity contribution in [3.63, 3.8) is 0 Å². The minimum Gasteiger partial charge on any atom is -0.473 e. The normalized spacial score (nSPS) is 19.6. The van der Waals surface area contributed by atoms with Gasteiger partial charge in [-0.2, -0.15) is 0 Å². The Bertz CT molecular complexity index is 3410. The maximum Gasteiger partial charge on any atom is 0.289 e. The van der Waals surface area contributed by atoms with Crippen molar-refractivity contribution >= 4 is 37.8 Å². The highest BCUT2D eigenvalue weighted by Crippen LogP contribution is 2.43. The van der Waals surface area contributed by atoms with Crippen LogP contribution < -0.4 is 9.47 Å². The zero-order chi connectivity index (χ0) is 51.7. The topological polar surface area (TPSA) is 202 Å². The number of aliphatic hydroxyl groups excluding tert-OH is 2. The Morgan fingerprint density at radius 2 is 1.30 bits per heavy atom. The summed E-state index contributed by atoms with van der Waals surface area (Å²) in [5.74, 6) is -4.82. The van der Waals surface area contributed by atoms with Gasteiger partial charge in [-0.05, 0) is 48.2 Å². The zero-order valence-corrected chi connectivity index (χ0v) is 40.6. The number of morpholine rings is 1. The van der Waals surface area contributed by atoms with Crippen LogP contribution in [0.15, 0.2) is 120 Å². The molecule has 1 saturated carbocycles. The quantitative estimate of drug-likeness (QED) is 0.0850. The highest BCUT2D eigenvalue weighted by Gasteiger charge is 2.53. The summed E-state index contributed by atoms with van der Waals surface area (Å²) in [6, 6.07) is 30.6. The van der Waals surface area contributed by atoms with E-state index in [4.69, 9.17) is 18.9 Å². The number of aromatic amines is 2. The van der Waals surface area contributed by atoms with Crippen LogP contribution in [0.25, 0.3) is 67.0 Å². The minimum atomic E-state index is -3.32. The molecule has 384 valence electrons. The third-order valence-electron chi connectivity index (χ3n) is 13.4. The Morgan fingerprint density at radius 3 is 1.81 bits per heavy atom. The second kappa shape index (κ2) is 20.9. The van der Waals surface area contributed by atoms with Gasteiger partial charge in [-0.3, -0.25) is 9.78 Å². The molecule has 4 atom stereocenters. The summed E-state index contributed by atoms with van der Waals surface area (Å²) in [6.45, 7) is 1.98. The molecule has 2 saturated heterocycles. The predicted octanol–water partition coefficient (Wildman–Crippen LogP) is 8.66. The van der Waals surface area contributed by atoms with Crippen LogP contribution in [0.1, 0.15) is 29.6 Å². The molecule has 2 aliphatic heterocycles. The Kier molecular flexibility index (Phi) is 14.2. The zero-order valence-electron chi connectivity index (χ0n) is 39.8. The van der Waals surface area contributed by atoms with E-state index in [0.29, 0.717) is 89.7 Å². The maximum absolute atomic E-state index is 15.0. The molecule has 4 N–H and O–H groups in total. The average molecular weight is 1040 g/mol. The fourth-order valence-electron chi connectivity index (χ4n) is 9.25. The molecule has 0 bridgehead atoms. The van der Waals surface area contributed by atoms with Gasteiger partial charge in [0.05, 0.1) is 71.8 Å². The first kappa shape index (κ1) is 50.3. The van der Waals surface area contributed by atoms with E-state index in [0.717, 1.165) is 22.9 Å². The van der Waals surface area contributed by atoms with Crippen molar-refractivity contribution in [3.8, 4) is 56.7 Å². The first-order valence-corrected chi connectivity index (χ1v) is 25.8. The smallest absolute Gasteiger partial charge is 0.289 e. The van der Waals surface area contributed by atoms with Gasteiger partial charge in [0.2, 0.25) is 0 Å². The molecule has 15 nitrogen and oxygen atoms in total. The number of alkyl halides is 2. The lowest BCUT2D eigenvalue weighted by molar-refractivity contribution is -0.115. The number of H-pyrrole nitrogens is 2. The average Bonchev–Trinajstić information content (AvgIpc) is 4.20. The van der Waals surface area contributed by atoms with Gasteiger partial charge in [-0.15, -0.1) is 0 Å². The van der Waals surface area contributed by atoms with Crippen LogP contribution in [-0.4, -0.2) is 131 Å². The maximum atomic E-state index is 15.0. The SMILES string of the molecule is CS(=O)(=O)c1ccc(-c2ccc(-c3nc4cc(O[C@@H]5CO[C@H](CO)C5)[nH]c4cc3F)cc2)nc1.O=C(c1ccc(-c2ccc(-c3nc4cc(O[C@@H]5CC[C@H](CO)C5(F)F)[nH]c4cc3F)cc2)cc1)N1CCOCC1. The summed E-state index contributed by atoms with van der Waals surface area (Å²) in [4.78, 5) is 33.6. The first-order valence-electron chi connectivity index (χ1n) is 23.9. The summed E-state index contributed by atoms with van der Waals surface area (Å²) in [5.41, 5.74) is 7.06. The molecule has 20 heteroatoms. The summed E-state index contributed by atoms with van der Waals surface area (Å²) >= 11 is 0. The molecule has 0 spiro atoms. The molecule has 11 rings (SSSR count). The summed E-state index contributed by atoms with van der Waals surface area (Å²) in [7, 11) is -3.32. The number of ether oxygens (including phenoxy) is 4. The highest BCUT2D eigenvalue weighted by atomic mass is 32.2. The van der Waals surface area contributed by atoms with Crippen molar-refractivity contribution < 1.29 is 59.9 Å². The number of benzene rings is 3. The van der Waals surface area contributed by atoms with E-state index in [1.807, 2.05) is 24.3 Å². The number of aromatic nitrogens is 5. The molecule has 8 aromatic rings. The summed E-state index contributed by atoms with van der Waals surface area (Å²) in [6.07, 6.45) is 1.51. The Labute approximate surface area is 422 Å². The van der Waals surface area contributed by atoms with Crippen molar-refractivity contribution in [2.24, 2.45) is 5.92 Å². The summed E-state index contributed by atoms with van der Waals surface area (Å²) < 4.78 is 104. The van der Waals surface area contributed by atoms with Gasteiger partial charge in [-0.1, -0.05) is 60.7 Å². The number of pyridine rings is 3. The van der Waals surface area contributed by atoms with Crippen LogP contribution in [0.5, 0.6) is 11.8 Å². The lowest BCUT2D eigenvalue weighted by atomic mass is 10.0. The number of carbonyl (C=O) groups excluding carboxylic acids is 1. The van der Waals surface area contributed by atoms with Crippen LogP contribution in [0.4, 0.5) is 17.6 Å². The van der Waals surface area contributed by atoms with Gasteiger partial charge in [0.1, 0.15) is 17.5 Å². The number of nitrogens with one attached hydrogen (secondary N) is 2. The molecule has 1 amide bonds. The molecule has 0 unspecified atom stereocenters. The lowest BCUT2D eigenvalue weighted by Gasteiger charge is -2.26. The molecule has 74 heavy (non-hydrogen) atoms. The van der Waals surface area contributed by atoms with E-state index < -0.39 is 46.0 Å². The van der Waals surface area contributed by atoms with Crippen molar-refractivity contribution in [3.05, 3.63) is 133 Å². The number of amides is 1. The Balaban J connectivity index is 0.000000172. The fraction of sp³-hybridized carbons (Fsp3) is 0.296. The number of carbonyl (C=O) groups is 1. The van der Waals surface area contributed by atoms with E-state index in [-0.39, 0.29) is 59.7 Å². The van der Waals surface area contributed by atoms with Gasteiger partial charge in [0.15, 0.2) is 39.3 Å². The minimum absolute atomic E-state index is 0.0215.